The Hall–Kier alpha value is -3.68. The van der Waals surface area contributed by atoms with Crippen LogP contribution in [-0.2, 0) is 11.2 Å². The van der Waals surface area contributed by atoms with Crippen LogP contribution in [0.3, 0.4) is 0 Å². The first-order chi connectivity index (χ1) is 12.8. The van der Waals surface area contributed by atoms with Crippen molar-refractivity contribution in [1.29, 1.82) is 0 Å². The van der Waals surface area contributed by atoms with Gasteiger partial charge in [-0.3, -0.25) is 9.59 Å². The first kappa shape index (κ1) is 18.1. The van der Waals surface area contributed by atoms with Gasteiger partial charge in [0.05, 0.1) is 26.2 Å². The van der Waals surface area contributed by atoms with Crippen molar-refractivity contribution < 1.29 is 39.1 Å². The number of ketones is 1. The van der Waals surface area contributed by atoms with Crippen LogP contribution >= 0.6 is 0 Å². The zero-order valence-corrected chi connectivity index (χ0v) is 14.5. The molecule has 0 fully saturated rings. The maximum atomic E-state index is 12.5. The minimum absolute atomic E-state index is 0.0685. The van der Waals surface area contributed by atoms with Gasteiger partial charge >= 0.3 is 5.97 Å². The molecule has 8 nitrogen and oxygen atoms in total. The Bertz CT molecular complexity index is 949. The van der Waals surface area contributed by atoms with Gasteiger partial charge in [-0.1, -0.05) is 0 Å². The number of allylic oxidation sites excluding steroid dienone is 1. The summed E-state index contributed by atoms with van der Waals surface area (Å²) in [6.07, 6.45) is 1.12. The van der Waals surface area contributed by atoms with Crippen LogP contribution in [-0.4, -0.2) is 41.3 Å². The first-order valence-corrected chi connectivity index (χ1v) is 7.81. The summed E-state index contributed by atoms with van der Waals surface area (Å²) in [4.78, 5) is 23.5. The van der Waals surface area contributed by atoms with Crippen LogP contribution < -0.4 is 14.2 Å². The Labute approximate surface area is 153 Å². The van der Waals surface area contributed by atoms with Crippen LogP contribution in [0.5, 0.6) is 28.7 Å². The fourth-order valence-corrected chi connectivity index (χ4v) is 2.79. The predicted molar refractivity (Wildman–Crippen MR) is 93.6 cm³/mol. The number of hydrogen-bond acceptors (Lipinski definition) is 7. The molecule has 0 atom stereocenters. The van der Waals surface area contributed by atoms with E-state index in [1.165, 1.54) is 32.4 Å². The maximum absolute atomic E-state index is 12.5. The van der Waals surface area contributed by atoms with Crippen LogP contribution in [0, 0.1) is 0 Å². The molecule has 1 aliphatic heterocycles. The van der Waals surface area contributed by atoms with E-state index in [-0.39, 0.29) is 35.0 Å². The summed E-state index contributed by atoms with van der Waals surface area (Å²) in [7, 11) is 2.79. The number of carboxylic acids is 1. The molecule has 0 saturated carbocycles. The molecule has 27 heavy (non-hydrogen) atoms. The van der Waals surface area contributed by atoms with Gasteiger partial charge in [-0.15, -0.1) is 0 Å². The van der Waals surface area contributed by atoms with Gasteiger partial charge in [0.25, 0.3) is 0 Å². The molecule has 8 heteroatoms. The number of fused-ring (bicyclic) bond motifs is 1. The second-order valence-electron chi connectivity index (χ2n) is 5.72. The zero-order valence-electron chi connectivity index (χ0n) is 14.5. The molecule has 1 heterocycles. The van der Waals surface area contributed by atoms with Crippen molar-refractivity contribution in [3.8, 4) is 28.7 Å². The van der Waals surface area contributed by atoms with Gasteiger partial charge in [-0.05, 0) is 35.9 Å². The molecule has 0 bridgehead atoms. The number of aromatic hydroxyl groups is 2. The third-order valence-electron chi connectivity index (χ3n) is 4.05. The molecule has 2 aromatic rings. The van der Waals surface area contributed by atoms with Crippen molar-refractivity contribution in [1.82, 2.24) is 0 Å². The number of hydrogen-bond donors (Lipinski definition) is 3. The number of carboxylic acid groups (broad SMARTS) is 1. The fraction of sp³-hybridized carbons (Fsp3) is 0.158. The van der Waals surface area contributed by atoms with E-state index in [0.717, 1.165) is 0 Å². The quantitative estimate of drug-likeness (QED) is 0.540. The molecule has 3 N–H and O–H groups in total. The molecule has 0 radical (unpaired) electrons. The summed E-state index contributed by atoms with van der Waals surface area (Å²) < 4.78 is 15.9. The van der Waals surface area contributed by atoms with Gasteiger partial charge in [-0.2, -0.15) is 0 Å². The minimum Gasteiger partial charge on any atom is -0.504 e. The maximum Gasteiger partial charge on any atom is 0.308 e. The normalized spacial score (nSPS) is 14.0. The van der Waals surface area contributed by atoms with E-state index in [0.29, 0.717) is 11.1 Å². The Balaban J connectivity index is 2.04. The van der Waals surface area contributed by atoms with Crippen LogP contribution in [0.2, 0.25) is 0 Å². The third kappa shape index (κ3) is 3.24. The molecule has 0 aliphatic carbocycles. The van der Waals surface area contributed by atoms with Crippen molar-refractivity contribution in [2.75, 3.05) is 14.2 Å². The van der Waals surface area contributed by atoms with E-state index in [9.17, 15) is 19.8 Å². The number of Topliss-reactive ketones (excluding diaryl/α,β-unsaturated/α-hetero) is 1. The SMILES string of the molecule is COc1cc(C=C2Oc3c(ccc(O)c3O)C2=O)cc(OC)c1CC(=O)O. The first-order valence-electron chi connectivity index (χ1n) is 7.81. The molecule has 2 aromatic carbocycles. The molecule has 0 aromatic heterocycles. The summed E-state index contributed by atoms with van der Waals surface area (Å²) in [5.41, 5.74) is 0.954. The lowest BCUT2D eigenvalue weighted by Gasteiger charge is -2.13. The largest absolute Gasteiger partial charge is 0.504 e. The number of phenolic OH excluding ortho intramolecular Hbond substituents is 2. The van der Waals surface area contributed by atoms with Gasteiger partial charge in [0.15, 0.2) is 17.3 Å². The van der Waals surface area contributed by atoms with Gasteiger partial charge in [0, 0.05) is 5.56 Å². The molecule has 0 spiro atoms. The van der Waals surface area contributed by atoms with Crippen LogP contribution in [0.25, 0.3) is 6.08 Å². The average molecular weight is 372 g/mol. The molecule has 0 amide bonds. The standard InChI is InChI=1S/C19H16O8/c1-25-13-5-9(6-14(26-2)11(13)8-16(21)22)7-15-17(23)10-3-4-12(20)18(24)19(10)27-15/h3-7,20,24H,8H2,1-2H3,(H,21,22). The van der Waals surface area contributed by atoms with E-state index < -0.39 is 23.3 Å². The van der Waals surface area contributed by atoms with E-state index in [1.54, 1.807) is 12.1 Å². The van der Waals surface area contributed by atoms with Gasteiger partial charge in [0.1, 0.15) is 11.5 Å². The van der Waals surface area contributed by atoms with E-state index in [4.69, 9.17) is 19.3 Å². The van der Waals surface area contributed by atoms with Crippen molar-refractivity contribution >= 4 is 17.8 Å². The molecule has 0 saturated heterocycles. The predicted octanol–water partition coefficient (Wildman–Crippen LogP) is 2.36. The minimum atomic E-state index is -1.04. The number of methoxy groups -OCH3 is 2. The topological polar surface area (TPSA) is 123 Å². The summed E-state index contributed by atoms with van der Waals surface area (Å²) in [5, 5.41) is 28.5. The van der Waals surface area contributed by atoms with Gasteiger partial charge < -0.3 is 29.5 Å². The van der Waals surface area contributed by atoms with Crippen LogP contribution in [0.4, 0.5) is 0 Å². The van der Waals surface area contributed by atoms with Gasteiger partial charge in [-0.25, -0.2) is 0 Å². The summed E-state index contributed by atoms with van der Waals surface area (Å²) in [6, 6.07) is 5.64. The van der Waals surface area contributed by atoms with Crippen molar-refractivity contribution in [3.05, 3.63) is 46.7 Å². The second kappa shape index (κ2) is 6.91. The lowest BCUT2D eigenvalue weighted by atomic mass is 10.0. The number of ether oxygens (including phenoxy) is 3. The highest BCUT2D eigenvalue weighted by atomic mass is 16.5. The zero-order chi connectivity index (χ0) is 19.7. The summed E-state index contributed by atoms with van der Waals surface area (Å²) in [5.74, 6) is -2.04. The van der Waals surface area contributed by atoms with Gasteiger partial charge in [0.2, 0.25) is 11.5 Å². The third-order valence-corrected chi connectivity index (χ3v) is 4.05. The number of benzene rings is 2. The lowest BCUT2D eigenvalue weighted by molar-refractivity contribution is -0.136. The molecule has 1 aliphatic rings. The van der Waals surface area contributed by atoms with Crippen molar-refractivity contribution in [2.24, 2.45) is 0 Å². The highest BCUT2D eigenvalue weighted by Gasteiger charge is 2.31. The number of rotatable bonds is 5. The summed E-state index contributed by atoms with van der Waals surface area (Å²) >= 11 is 0. The highest BCUT2D eigenvalue weighted by molar-refractivity contribution is 6.15. The van der Waals surface area contributed by atoms with E-state index >= 15 is 0 Å². The van der Waals surface area contributed by atoms with Crippen molar-refractivity contribution in [3.63, 3.8) is 0 Å². The van der Waals surface area contributed by atoms with Crippen LogP contribution in [0.1, 0.15) is 21.5 Å². The van der Waals surface area contributed by atoms with Crippen molar-refractivity contribution in [2.45, 2.75) is 6.42 Å². The Morgan fingerprint density at radius 2 is 1.78 bits per heavy atom. The smallest absolute Gasteiger partial charge is 0.308 e. The molecule has 3 rings (SSSR count). The Kier molecular flexibility index (Phi) is 4.64. The number of carbonyl (C=O) groups excluding carboxylic acids is 1. The number of carbonyl (C=O) groups is 2. The fourth-order valence-electron chi connectivity index (χ4n) is 2.79. The molecule has 0 unspecified atom stereocenters. The molecular weight excluding hydrogens is 356 g/mol. The molecule has 140 valence electrons. The Morgan fingerprint density at radius 3 is 2.33 bits per heavy atom. The van der Waals surface area contributed by atoms with Crippen LogP contribution in [0.15, 0.2) is 30.0 Å². The number of aliphatic carboxylic acids is 1. The monoisotopic (exact) mass is 372 g/mol. The second-order valence-corrected chi connectivity index (χ2v) is 5.72. The lowest BCUT2D eigenvalue weighted by Crippen LogP contribution is -2.05. The highest BCUT2D eigenvalue weighted by Crippen LogP contribution is 2.44. The van der Waals surface area contributed by atoms with E-state index in [1.807, 2.05) is 0 Å². The average Bonchev–Trinajstić information content (AvgIpc) is 2.95. The van der Waals surface area contributed by atoms with E-state index in [2.05, 4.69) is 0 Å². The number of phenols is 2. The molecular formula is C19H16O8. The Morgan fingerprint density at radius 1 is 1.15 bits per heavy atom. The summed E-state index contributed by atoms with van der Waals surface area (Å²) in [6.45, 7) is 0.